The van der Waals surface area contributed by atoms with Gasteiger partial charge >= 0.3 is 5.97 Å². The number of hydrogen-bond acceptors (Lipinski definition) is 2. The highest BCUT2D eigenvalue weighted by molar-refractivity contribution is 6.04. The lowest BCUT2D eigenvalue weighted by atomic mass is 10.1. The number of aliphatic carboxylic acids is 1. The lowest BCUT2D eigenvalue weighted by molar-refractivity contribution is -0.136. The fraction of sp³-hybridized carbons (Fsp3) is 0.125. The predicted octanol–water partition coefficient (Wildman–Crippen LogP) is 3.01. The summed E-state index contributed by atoms with van der Waals surface area (Å²) in [5.41, 5.74) is 1.97. The summed E-state index contributed by atoms with van der Waals surface area (Å²) in [4.78, 5) is 22.6. The summed E-state index contributed by atoms with van der Waals surface area (Å²) in [6.45, 7) is 1.59. The summed E-state index contributed by atoms with van der Waals surface area (Å²) in [6.07, 6.45) is -0.0641. The zero-order valence-corrected chi connectivity index (χ0v) is 11.4. The van der Waals surface area contributed by atoms with Crippen LogP contribution in [0.15, 0.2) is 42.5 Å². The Morgan fingerprint density at radius 3 is 2.38 bits per heavy atom. The summed E-state index contributed by atoms with van der Waals surface area (Å²) < 4.78 is 13.2. The van der Waals surface area contributed by atoms with Crippen LogP contribution in [0.4, 0.5) is 10.1 Å². The van der Waals surface area contributed by atoms with E-state index in [1.54, 1.807) is 31.2 Å². The third kappa shape index (κ3) is 3.89. The van der Waals surface area contributed by atoms with Crippen molar-refractivity contribution in [2.45, 2.75) is 13.3 Å². The van der Waals surface area contributed by atoms with Crippen LogP contribution in [0.1, 0.15) is 21.5 Å². The van der Waals surface area contributed by atoms with Gasteiger partial charge < -0.3 is 10.4 Å². The first-order chi connectivity index (χ1) is 9.95. The van der Waals surface area contributed by atoms with Crippen molar-refractivity contribution in [3.8, 4) is 0 Å². The molecular formula is C16H14FNO3. The molecule has 0 atom stereocenters. The number of hydrogen-bond donors (Lipinski definition) is 2. The van der Waals surface area contributed by atoms with E-state index in [2.05, 4.69) is 5.32 Å². The molecule has 21 heavy (non-hydrogen) atoms. The molecule has 0 fully saturated rings. The average molecular weight is 287 g/mol. The number of halogens is 1. The quantitative estimate of drug-likeness (QED) is 0.908. The van der Waals surface area contributed by atoms with Gasteiger partial charge in [0.25, 0.3) is 5.91 Å². The van der Waals surface area contributed by atoms with Crippen LogP contribution in [0.3, 0.4) is 0 Å². The van der Waals surface area contributed by atoms with E-state index in [-0.39, 0.29) is 18.1 Å². The molecule has 5 heteroatoms. The molecule has 2 rings (SSSR count). The van der Waals surface area contributed by atoms with Crippen molar-refractivity contribution in [3.63, 3.8) is 0 Å². The van der Waals surface area contributed by atoms with Gasteiger partial charge in [-0.3, -0.25) is 9.59 Å². The maximum absolute atomic E-state index is 13.2. The molecule has 2 aromatic rings. The minimum Gasteiger partial charge on any atom is -0.481 e. The second-order valence-electron chi connectivity index (χ2n) is 4.69. The van der Waals surface area contributed by atoms with E-state index in [0.717, 1.165) is 0 Å². The van der Waals surface area contributed by atoms with Gasteiger partial charge in [0.15, 0.2) is 0 Å². The number of carboxylic acids is 1. The summed E-state index contributed by atoms with van der Waals surface area (Å²) in [7, 11) is 0. The molecule has 0 aliphatic carbocycles. The first-order valence-corrected chi connectivity index (χ1v) is 6.34. The fourth-order valence-electron chi connectivity index (χ4n) is 1.87. The molecule has 0 radical (unpaired) electrons. The monoisotopic (exact) mass is 287 g/mol. The Kier molecular flexibility index (Phi) is 4.33. The van der Waals surface area contributed by atoms with Crippen LogP contribution in [-0.4, -0.2) is 17.0 Å². The Hall–Kier alpha value is -2.69. The minimum absolute atomic E-state index is 0.0641. The molecule has 0 heterocycles. The average Bonchev–Trinajstić information content (AvgIpc) is 2.43. The van der Waals surface area contributed by atoms with Gasteiger partial charge in [-0.15, -0.1) is 0 Å². The number of nitrogens with one attached hydrogen (secondary N) is 1. The van der Waals surface area contributed by atoms with Gasteiger partial charge in [-0.05, 0) is 48.4 Å². The van der Waals surface area contributed by atoms with Crippen molar-refractivity contribution >= 4 is 17.6 Å². The van der Waals surface area contributed by atoms with Crippen LogP contribution in [-0.2, 0) is 11.2 Å². The summed E-state index contributed by atoms with van der Waals surface area (Å²) >= 11 is 0. The third-order valence-electron chi connectivity index (χ3n) is 2.99. The Labute approximate surface area is 121 Å². The number of aryl methyl sites for hydroxylation is 1. The maximum atomic E-state index is 13.2. The number of anilines is 1. The number of benzene rings is 2. The van der Waals surface area contributed by atoms with Crippen LogP contribution in [0, 0.1) is 12.7 Å². The second kappa shape index (κ2) is 6.17. The van der Waals surface area contributed by atoms with Gasteiger partial charge in [-0.25, -0.2) is 4.39 Å². The van der Waals surface area contributed by atoms with Crippen LogP contribution in [0.2, 0.25) is 0 Å². The molecule has 1 amide bonds. The number of carbonyl (C=O) groups excluding carboxylic acids is 1. The van der Waals surface area contributed by atoms with Crippen molar-refractivity contribution in [2.24, 2.45) is 0 Å². The molecule has 4 nitrogen and oxygen atoms in total. The minimum atomic E-state index is -0.909. The molecule has 0 aromatic heterocycles. The Balaban J connectivity index is 2.08. The molecule has 2 N–H and O–H groups in total. The van der Waals surface area contributed by atoms with Crippen molar-refractivity contribution < 1.29 is 19.1 Å². The topological polar surface area (TPSA) is 66.4 Å². The zero-order valence-electron chi connectivity index (χ0n) is 11.4. The predicted molar refractivity (Wildman–Crippen MR) is 76.9 cm³/mol. The maximum Gasteiger partial charge on any atom is 0.307 e. The number of carbonyl (C=O) groups is 2. The van der Waals surface area contributed by atoms with Crippen LogP contribution < -0.4 is 5.32 Å². The Morgan fingerprint density at radius 1 is 1.14 bits per heavy atom. The third-order valence-corrected chi connectivity index (χ3v) is 2.99. The molecule has 0 saturated heterocycles. The standard InChI is InChI=1S/C16H14FNO3/c1-10-8-12(4-7-14(10)17)16(21)18-13-5-2-11(3-6-13)9-15(19)20/h2-8H,9H2,1H3,(H,18,21)(H,19,20). The normalized spacial score (nSPS) is 10.2. The number of rotatable bonds is 4. The highest BCUT2D eigenvalue weighted by atomic mass is 19.1. The van der Waals surface area contributed by atoms with Crippen LogP contribution in [0.25, 0.3) is 0 Å². The SMILES string of the molecule is Cc1cc(C(=O)Nc2ccc(CC(=O)O)cc2)ccc1F. The molecule has 0 saturated carbocycles. The van der Waals surface area contributed by atoms with E-state index in [0.29, 0.717) is 22.4 Å². The van der Waals surface area contributed by atoms with Crippen molar-refractivity contribution in [3.05, 3.63) is 65.0 Å². The Bertz CT molecular complexity index is 680. The highest BCUT2D eigenvalue weighted by Gasteiger charge is 2.08. The number of carboxylic acid groups (broad SMARTS) is 1. The van der Waals surface area contributed by atoms with Gasteiger partial charge in [0, 0.05) is 11.3 Å². The van der Waals surface area contributed by atoms with E-state index in [9.17, 15) is 14.0 Å². The zero-order chi connectivity index (χ0) is 15.4. The first kappa shape index (κ1) is 14.7. The summed E-state index contributed by atoms with van der Waals surface area (Å²) in [5.74, 6) is -1.61. The molecule has 0 unspecified atom stereocenters. The second-order valence-corrected chi connectivity index (χ2v) is 4.69. The smallest absolute Gasteiger partial charge is 0.307 e. The molecule has 0 spiro atoms. The summed E-state index contributed by atoms with van der Waals surface area (Å²) in [6, 6.07) is 10.7. The van der Waals surface area contributed by atoms with Gasteiger partial charge in [0.05, 0.1) is 6.42 Å². The van der Waals surface area contributed by atoms with E-state index in [1.165, 1.54) is 18.2 Å². The largest absolute Gasteiger partial charge is 0.481 e. The number of amides is 1. The Morgan fingerprint density at radius 2 is 1.81 bits per heavy atom. The lowest BCUT2D eigenvalue weighted by Crippen LogP contribution is -2.12. The van der Waals surface area contributed by atoms with Gasteiger partial charge in [0.2, 0.25) is 0 Å². The van der Waals surface area contributed by atoms with Crippen molar-refractivity contribution in [2.75, 3.05) is 5.32 Å². The summed E-state index contributed by atoms with van der Waals surface area (Å²) in [5, 5.41) is 11.4. The highest BCUT2D eigenvalue weighted by Crippen LogP contribution is 2.14. The van der Waals surface area contributed by atoms with Gasteiger partial charge in [-0.1, -0.05) is 12.1 Å². The van der Waals surface area contributed by atoms with Crippen LogP contribution in [0.5, 0.6) is 0 Å². The van der Waals surface area contributed by atoms with Gasteiger partial charge in [0.1, 0.15) is 5.82 Å². The van der Waals surface area contributed by atoms with Gasteiger partial charge in [-0.2, -0.15) is 0 Å². The first-order valence-electron chi connectivity index (χ1n) is 6.34. The van der Waals surface area contributed by atoms with Crippen molar-refractivity contribution in [1.29, 1.82) is 0 Å². The molecular weight excluding hydrogens is 273 g/mol. The molecule has 0 aliphatic rings. The van der Waals surface area contributed by atoms with E-state index in [4.69, 9.17) is 5.11 Å². The fourth-order valence-corrected chi connectivity index (χ4v) is 1.87. The molecule has 0 aliphatic heterocycles. The van der Waals surface area contributed by atoms with E-state index >= 15 is 0 Å². The molecule has 0 bridgehead atoms. The van der Waals surface area contributed by atoms with E-state index < -0.39 is 5.97 Å². The van der Waals surface area contributed by atoms with Crippen LogP contribution >= 0.6 is 0 Å². The molecule has 2 aromatic carbocycles. The lowest BCUT2D eigenvalue weighted by Gasteiger charge is -2.07. The van der Waals surface area contributed by atoms with E-state index in [1.807, 2.05) is 0 Å². The van der Waals surface area contributed by atoms with Crippen molar-refractivity contribution in [1.82, 2.24) is 0 Å². The molecule has 108 valence electrons.